The Labute approximate surface area is 119 Å². The number of carbonyl (C=O) groups is 1. The summed E-state index contributed by atoms with van der Waals surface area (Å²) in [4.78, 5) is 14.1. The van der Waals surface area contributed by atoms with Crippen LogP contribution < -0.4 is 5.32 Å². The topological polar surface area (TPSA) is 32.3 Å². The molecule has 1 aliphatic rings. The number of likely N-dealkylation sites (tertiary alicyclic amines) is 1. The van der Waals surface area contributed by atoms with Crippen molar-refractivity contribution in [1.82, 2.24) is 4.90 Å². The number of rotatable bonds is 3. The fraction of sp³-hybridized carbons (Fsp3) is 0.533. The fourth-order valence-corrected chi connectivity index (χ4v) is 2.65. The molecule has 1 amide bonds. The zero-order valence-electron chi connectivity index (χ0n) is 11.4. The van der Waals surface area contributed by atoms with Crippen LogP contribution in [0.4, 0.5) is 5.69 Å². The van der Waals surface area contributed by atoms with E-state index >= 15 is 0 Å². The Morgan fingerprint density at radius 1 is 1.26 bits per heavy atom. The van der Waals surface area contributed by atoms with E-state index in [-0.39, 0.29) is 5.91 Å². The molecule has 0 saturated carbocycles. The molecule has 3 nitrogen and oxygen atoms in total. The predicted molar refractivity (Wildman–Crippen MR) is 79.7 cm³/mol. The number of carbonyl (C=O) groups excluding carboxylic acids is 1. The maximum absolute atomic E-state index is 12.1. The molecule has 0 bridgehead atoms. The number of aryl methyl sites for hydroxylation is 1. The fourth-order valence-electron chi connectivity index (χ4n) is 2.43. The maximum atomic E-state index is 12.1. The Bertz CT molecular complexity index is 440. The highest BCUT2D eigenvalue weighted by Gasteiger charge is 2.15. The Morgan fingerprint density at radius 2 is 1.95 bits per heavy atom. The normalized spacial score (nSPS) is 16.0. The van der Waals surface area contributed by atoms with Gasteiger partial charge in [0.1, 0.15) is 0 Å². The summed E-state index contributed by atoms with van der Waals surface area (Å²) in [6.45, 7) is 4.16. The summed E-state index contributed by atoms with van der Waals surface area (Å²) >= 11 is 5.92. The molecule has 19 heavy (non-hydrogen) atoms. The van der Waals surface area contributed by atoms with Gasteiger partial charge in [0.05, 0.1) is 6.54 Å². The second-order valence-electron chi connectivity index (χ2n) is 5.11. The van der Waals surface area contributed by atoms with Gasteiger partial charge in [0.25, 0.3) is 0 Å². The van der Waals surface area contributed by atoms with Crippen molar-refractivity contribution in [3.05, 3.63) is 28.8 Å². The van der Waals surface area contributed by atoms with Gasteiger partial charge in [-0.1, -0.05) is 24.4 Å². The lowest BCUT2D eigenvalue weighted by molar-refractivity contribution is -0.129. The van der Waals surface area contributed by atoms with Crippen molar-refractivity contribution in [2.75, 3.05) is 25.0 Å². The minimum Gasteiger partial charge on any atom is -0.376 e. The summed E-state index contributed by atoms with van der Waals surface area (Å²) in [5.41, 5.74) is 2.05. The van der Waals surface area contributed by atoms with Crippen LogP contribution >= 0.6 is 11.6 Å². The maximum Gasteiger partial charge on any atom is 0.241 e. The molecule has 1 aromatic rings. The highest BCUT2D eigenvalue weighted by atomic mass is 35.5. The molecule has 1 saturated heterocycles. The molecule has 104 valence electrons. The zero-order valence-corrected chi connectivity index (χ0v) is 12.2. The van der Waals surface area contributed by atoms with Gasteiger partial charge in [-0.3, -0.25) is 4.79 Å². The predicted octanol–water partition coefficient (Wildman–Crippen LogP) is 3.46. The van der Waals surface area contributed by atoms with Crippen molar-refractivity contribution in [2.24, 2.45) is 0 Å². The van der Waals surface area contributed by atoms with Crippen molar-refractivity contribution in [1.29, 1.82) is 0 Å². The Kier molecular flexibility index (Phi) is 5.08. The lowest BCUT2D eigenvalue weighted by Crippen LogP contribution is -2.36. The van der Waals surface area contributed by atoms with Crippen LogP contribution in [-0.4, -0.2) is 30.4 Å². The van der Waals surface area contributed by atoms with Gasteiger partial charge in [-0.2, -0.15) is 0 Å². The van der Waals surface area contributed by atoms with Gasteiger partial charge in [-0.15, -0.1) is 0 Å². The number of hydrogen-bond acceptors (Lipinski definition) is 2. The highest BCUT2D eigenvalue weighted by Crippen LogP contribution is 2.19. The molecule has 0 spiro atoms. The van der Waals surface area contributed by atoms with E-state index in [0.717, 1.165) is 42.2 Å². The molecule has 1 N–H and O–H groups in total. The molecule has 1 aliphatic heterocycles. The molecule has 1 fully saturated rings. The van der Waals surface area contributed by atoms with Gasteiger partial charge in [0, 0.05) is 23.8 Å². The van der Waals surface area contributed by atoms with Crippen LogP contribution in [0.5, 0.6) is 0 Å². The number of hydrogen-bond donors (Lipinski definition) is 1. The molecule has 0 atom stereocenters. The summed E-state index contributed by atoms with van der Waals surface area (Å²) in [6.07, 6.45) is 4.75. The van der Waals surface area contributed by atoms with Crippen molar-refractivity contribution in [2.45, 2.75) is 32.6 Å². The third-order valence-electron chi connectivity index (χ3n) is 3.58. The molecule has 4 heteroatoms. The number of halogens is 1. The van der Waals surface area contributed by atoms with Gasteiger partial charge < -0.3 is 10.2 Å². The van der Waals surface area contributed by atoms with Crippen LogP contribution in [0.2, 0.25) is 5.02 Å². The summed E-state index contributed by atoms with van der Waals surface area (Å²) < 4.78 is 0. The lowest BCUT2D eigenvalue weighted by atomic mass is 10.2. The van der Waals surface area contributed by atoms with Crippen molar-refractivity contribution < 1.29 is 4.79 Å². The smallest absolute Gasteiger partial charge is 0.241 e. The second-order valence-corrected chi connectivity index (χ2v) is 5.54. The van der Waals surface area contributed by atoms with Gasteiger partial charge in [-0.25, -0.2) is 0 Å². The largest absolute Gasteiger partial charge is 0.376 e. The van der Waals surface area contributed by atoms with Crippen LogP contribution in [0.3, 0.4) is 0 Å². The molecular formula is C15H21ClN2O. The summed E-state index contributed by atoms with van der Waals surface area (Å²) in [7, 11) is 0. The number of nitrogens with one attached hydrogen (secondary N) is 1. The van der Waals surface area contributed by atoms with E-state index in [9.17, 15) is 4.79 Å². The summed E-state index contributed by atoms with van der Waals surface area (Å²) in [6, 6.07) is 5.67. The average molecular weight is 281 g/mol. The van der Waals surface area contributed by atoms with Crippen LogP contribution in [0.1, 0.15) is 31.2 Å². The van der Waals surface area contributed by atoms with Crippen molar-refractivity contribution in [3.63, 3.8) is 0 Å². The van der Waals surface area contributed by atoms with Crippen LogP contribution in [0.15, 0.2) is 18.2 Å². The summed E-state index contributed by atoms with van der Waals surface area (Å²) in [5.74, 6) is 0.191. The zero-order chi connectivity index (χ0) is 13.7. The molecule has 1 heterocycles. The first kappa shape index (κ1) is 14.2. The van der Waals surface area contributed by atoms with Crippen molar-refractivity contribution >= 4 is 23.2 Å². The van der Waals surface area contributed by atoms with Crippen molar-refractivity contribution in [3.8, 4) is 0 Å². The van der Waals surface area contributed by atoms with E-state index in [2.05, 4.69) is 5.32 Å². The van der Waals surface area contributed by atoms with Gasteiger partial charge >= 0.3 is 0 Å². The third kappa shape index (κ3) is 4.13. The molecule has 1 aromatic carbocycles. The first-order valence-electron chi connectivity index (χ1n) is 6.94. The number of anilines is 1. The molecule has 0 aromatic heterocycles. The SMILES string of the molecule is Cc1cc(Cl)ccc1NCC(=O)N1CCCCCC1. The Hall–Kier alpha value is -1.22. The Balaban J connectivity index is 1.88. The minimum absolute atomic E-state index is 0.191. The minimum atomic E-state index is 0.191. The second kappa shape index (κ2) is 6.80. The van der Waals surface area contributed by atoms with E-state index in [4.69, 9.17) is 11.6 Å². The molecule has 2 rings (SSSR count). The Morgan fingerprint density at radius 3 is 2.58 bits per heavy atom. The van der Waals surface area contributed by atoms with E-state index < -0.39 is 0 Å². The van der Waals surface area contributed by atoms with Gasteiger partial charge in [0.15, 0.2) is 0 Å². The van der Waals surface area contributed by atoms with E-state index in [0.29, 0.717) is 6.54 Å². The van der Waals surface area contributed by atoms with E-state index in [1.807, 2.05) is 30.0 Å². The standard InChI is InChI=1S/C15H21ClN2O/c1-12-10-13(16)6-7-14(12)17-11-15(19)18-8-4-2-3-5-9-18/h6-7,10,17H,2-5,8-9,11H2,1H3. The monoisotopic (exact) mass is 280 g/mol. The van der Waals surface area contributed by atoms with E-state index in [1.54, 1.807) is 0 Å². The lowest BCUT2D eigenvalue weighted by Gasteiger charge is -2.21. The first-order valence-corrected chi connectivity index (χ1v) is 7.32. The van der Waals surface area contributed by atoms with Crippen LogP contribution in [0, 0.1) is 6.92 Å². The highest BCUT2D eigenvalue weighted by molar-refractivity contribution is 6.30. The molecule has 0 unspecified atom stereocenters. The van der Waals surface area contributed by atoms with Crippen LogP contribution in [0.25, 0.3) is 0 Å². The quantitative estimate of drug-likeness (QED) is 0.920. The number of benzene rings is 1. The number of nitrogens with zero attached hydrogens (tertiary/aromatic N) is 1. The van der Waals surface area contributed by atoms with Gasteiger partial charge in [0.2, 0.25) is 5.91 Å². The number of amides is 1. The first-order chi connectivity index (χ1) is 9.16. The van der Waals surface area contributed by atoms with Crippen LogP contribution in [-0.2, 0) is 4.79 Å². The van der Waals surface area contributed by atoms with E-state index in [1.165, 1.54) is 12.8 Å². The third-order valence-corrected chi connectivity index (χ3v) is 3.81. The van der Waals surface area contributed by atoms with Gasteiger partial charge in [-0.05, 0) is 43.5 Å². The molecule has 0 radical (unpaired) electrons. The molecular weight excluding hydrogens is 260 g/mol. The molecule has 0 aliphatic carbocycles. The summed E-state index contributed by atoms with van der Waals surface area (Å²) in [5, 5.41) is 3.93. The average Bonchev–Trinajstić information content (AvgIpc) is 2.66.